The van der Waals surface area contributed by atoms with Crippen molar-refractivity contribution in [1.29, 1.82) is 0 Å². The second-order valence-corrected chi connectivity index (χ2v) is 8.42. The fourth-order valence-electron chi connectivity index (χ4n) is 3.94. The summed E-state index contributed by atoms with van der Waals surface area (Å²) in [6.07, 6.45) is 6.67. The highest BCUT2D eigenvalue weighted by atomic mass is 79.9. The molecular weight excluding hydrogens is 416 g/mol. The van der Waals surface area contributed by atoms with E-state index in [2.05, 4.69) is 120 Å². The van der Waals surface area contributed by atoms with Crippen molar-refractivity contribution in [2.24, 2.45) is 5.92 Å². The molecule has 0 amide bonds. The topological polar surface area (TPSA) is 0 Å². The average molecular weight is 441 g/mol. The molecule has 0 heterocycles. The number of rotatable bonds is 4. The minimum absolute atomic E-state index is 0.553. The van der Waals surface area contributed by atoms with Gasteiger partial charge in [-0.05, 0) is 63.8 Å². The summed E-state index contributed by atoms with van der Waals surface area (Å²) in [4.78, 5) is 0. The SMILES string of the molecule is C=C(c1cccc(-c2ccccc2)c1)c1ccccc1/C(Br)=C1\CC=CCC1C. The highest BCUT2D eigenvalue weighted by molar-refractivity contribution is 9.15. The molecule has 0 fully saturated rings. The van der Waals surface area contributed by atoms with Crippen molar-refractivity contribution in [3.8, 4) is 11.1 Å². The standard InChI is InChI=1S/C28H25Br/c1-20-11-6-7-16-25(20)28(29)27-18-9-8-17-26(27)21(2)23-14-10-15-24(19-23)22-12-4-3-5-13-22/h3-10,12-15,17-20H,2,11,16H2,1H3/b28-25-. The van der Waals surface area contributed by atoms with Crippen LogP contribution in [0.3, 0.4) is 0 Å². The Hall–Kier alpha value is -2.64. The smallest absolute Gasteiger partial charge is 0.0251 e. The minimum atomic E-state index is 0.553. The van der Waals surface area contributed by atoms with Gasteiger partial charge in [0.05, 0.1) is 0 Å². The summed E-state index contributed by atoms with van der Waals surface area (Å²) >= 11 is 3.94. The van der Waals surface area contributed by atoms with E-state index in [0.29, 0.717) is 5.92 Å². The predicted molar refractivity (Wildman–Crippen MR) is 130 cm³/mol. The normalized spacial score (nSPS) is 17.8. The summed E-state index contributed by atoms with van der Waals surface area (Å²) in [7, 11) is 0. The molecule has 0 N–H and O–H groups in total. The fourth-order valence-corrected chi connectivity index (χ4v) is 4.84. The Balaban J connectivity index is 1.75. The van der Waals surface area contributed by atoms with Crippen LogP contribution in [-0.2, 0) is 0 Å². The zero-order chi connectivity index (χ0) is 20.2. The van der Waals surface area contributed by atoms with E-state index in [1.807, 2.05) is 0 Å². The van der Waals surface area contributed by atoms with Crippen LogP contribution in [0.2, 0.25) is 0 Å². The largest absolute Gasteiger partial charge is 0.0905 e. The Bertz CT molecular complexity index is 1090. The van der Waals surface area contributed by atoms with Crippen LogP contribution in [0.15, 0.2) is 103 Å². The van der Waals surface area contributed by atoms with Crippen molar-refractivity contribution < 1.29 is 0 Å². The third-order valence-electron chi connectivity index (χ3n) is 5.68. The third kappa shape index (κ3) is 4.21. The molecule has 29 heavy (non-hydrogen) atoms. The van der Waals surface area contributed by atoms with Crippen LogP contribution in [0.1, 0.15) is 36.5 Å². The maximum absolute atomic E-state index is 4.48. The number of benzene rings is 3. The van der Waals surface area contributed by atoms with Crippen LogP contribution in [0.25, 0.3) is 21.2 Å². The summed E-state index contributed by atoms with van der Waals surface area (Å²) in [6, 6.07) is 27.8. The van der Waals surface area contributed by atoms with Gasteiger partial charge in [-0.25, -0.2) is 0 Å². The minimum Gasteiger partial charge on any atom is -0.0905 e. The van der Waals surface area contributed by atoms with Gasteiger partial charge >= 0.3 is 0 Å². The van der Waals surface area contributed by atoms with E-state index in [0.717, 1.165) is 24.0 Å². The molecule has 1 atom stereocenters. The number of hydrogen-bond acceptors (Lipinski definition) is 0. The molecule has 0 spiro atoms. The van der Waals surface area contributed by atoms with E-state index in [4.69, 9.17) is 0 Å². The molecule has 0 radical (unpaired) electrons. The van der Waals surface area contributed by atoms with E-state index >= 15 is 0 Å². The summed E-state index contributed by atoms with van der Waals surface area (Å²) in [5.74, 6) is 0.553. The monoisotopic (exact) mass is 440 g/mol. The molecule has 0 bridgehead atoms. The van der Waals surface area contributed by atoms with Crippen LogP contribution in [-0.4, -0.2) is 0 Å². The maximum atomic E-state index is 4.48. The van der Waals surface area contributed by atoms with Gasteiger partial charge in [-0.3, -0.25) is 0 Å². The van der Waals surface area contributed by atoms with E-state index in [1.165, 1.54) is 32.3 Å². The highest BCUT2D eigenvalue weighted by Gasteiger charge is 2.18. The van der Waals surface area contributed by atoms with Gasteiger partial charge in [0.1, 0.15) is 0 Å². The average Bonchev–Trinajstić information content (AvgIpc) is 2.79. The molecular formula is C28H25Br. The van der Waals surface area contributed by atoms with Crippen LogP contribution < -0.4 is 0 Å². The first-order valence-electron chi connectivity index (χ1n) is 10.1. The second-order valence-electron chi connectivity index (χ2n) is 7.62. The molecule has 3 aromatic carbocycles. The molecule has 1 heteroatoms. The Morgan fingerprint density at radius 3 is 2.28 bits per heavy atom. The Morgan fingerprint density at radius 2 is 1.52 bits per heavy atom. The number of hydrogen-bond donors (Lipinski definition) is 0. The predicted octanol–water partition coefficient (Wildman–Crippen LogP) is 8.51. The lowest BCUT2D eigenvalue weighted by Gasteiger charge is -2.21. The Kier molecular flexibility index (Phi) is 5.97. The Morgan fingerprint density at radius 1 is 0.828 bits per heavy atom. The first-order valence-corrected chi connectivity index (χ1v) is 10.9. The fraction of sp³-hybridized carbons (Fsp3) is 0.143. The van der Waals surface area contributed by atoms with E-state index < -0.39 is 0 Å². The van der Waals surface area contributed by atoms with E-state index in [9.17, 15) is 0 Å². The lowest BCUT2D eigenvalue weighted by Crippen LogP contribution is -2.04. The molecule has 1 unspecified atom stereocenters. The van der Waals surface area contributed by atoms with Gasteiger partial charge in [0.15, 0.2) is 0 Å². The van der Waals surface area contributed by atoms with Crippen LogP contribution in [0.5, 0.6) is 0 Å². The molecule has 0 nitrogen and oxygen atoms in total. The molecule has 4 rings (SSSR count). The van der Waals surface area contributed by atoms with Gasteiger partial charge in [-0.2, -0.15) is 0 Å². The maximum Gasteiger partial charge on any atom is 0.0251 e. The van der Waals surface area contributed by atoms with Crippen molar-refractivity contribution in [2.45, 2.75) is 19.8 Å². The van der Waals surface area contributed by atoms with Crippen molar-refractivity contribution in [3.63, 3.8) is 0 Å². The zero-order valence-electron chi connectivity index (χ0n) is 16.7. The number of halogens is 1. The molecule has 0 aliphatic heterocycles. The second kappa shape index (κ2) is 8.80. The Labute approximate surface area is 182 Å². The van der Waals surface area contributed by atoms with Gasteiger partial charge in [0, 0.05) is 4.48 Å². The first-order chi connectivity index (χ1) is 14.1. The van der Waals surface area contributed by atoms with E-state index in [1.54, 1.807) is 0 Å². The van der Waals surface area contributed by atoms with Gasteiger partial charge in [0.25, 0.3) is 0 Å². The van der Waals surface area contributed by atoms with Crippen LogP contribution >= 0.6 is 15.9 Å². The summed E-state index contributed by atoms with van der Waals surface area (Å²) < 4.78 is 1.21. The van der Waals surface area contributed by atoms with E-state index in [-0.39, 0.29) is 0 Å². The third-order valence-corrected chi connectivity index (χ3v) is 6.61. The highest BCUT2D eigenvalue weighted by Crippen LogP contribution is 2.39. The molecule has 1 aliphatic carbocycles. The summed E-state index contributed by atoms with van der Waals surface area (Å²) in [5, 5.41) is 0. The lowest BCUT2D eigenvalue weighted by molar-refractivity contribution is 0.663. The quantitative estimate of drug-likeness (QED) is 0.356. The van der Waals surface area contributed by atoms with Gasteiger partial charge < -0.3 is 0 Å². The molecule has 0 saturated carbocycles. The summed E-state index contributed by atoms with van der Waals surface area (Å²) in [6.45, 7) is 6.79. The van der Waals surface area contributed by atoms with Crippen molar-refractivity contribution in [2.75, 3.05) is 0 Å². The van der Waals surface area contributed by atoms with Gasteiger partial charge in [-0.15, -0.1) is 0 Å². The molecule has 144 valence electrons. The summed E-state index contributed by atoms with van der Waals surface area (Å²) in [5.41, 5.74) is 8.51. The first kappa shape index (κ1) is 19.7. The van der Waals surface area contributed by atoms with Crippen LogP contribution in [0.4, 0.5) is 0 Å². The lowest BCUT2D eigenvalue weighted by atomic mass is 9.86. The molecule has 0 saturated heterocycles. The van der Waals surface area contributed by atoms with Gasteiger partial charge in [-0.1, -0.05) is 114 Å². The van der Waals surface area contributed by atoms with Crippen LogP contribution in [0, 0.1) is 5.92 Å². The molecule has 0 aromatic heterocycles. The van der Waals surface area contributed by atoms with Crippen molar-refractivity contribution in [3.05, 3.63) is 120 Å². The van der Waals surface area contributed by atoms with Gasteiger partial charge in [0.2, 0.25) is 0 Å². The number of allylic oxidation sites excluding steroid dienone is 3. The van der Waals surface area contributed by atoms with Crippen molar-refractivity contribution in [1.82, 2.24) is 0 Å². The molecule has 3 aromatic rings. The van der Waals surface area contributed by atoms with Crippen molar-refractivity contribution >= 4 is 26.0 Å². The zero-order valence-corrected chi connectivity index (χ0v) is 18.3. The molecule has 1 aliphatic rings.